The lowest BCUT2D eigenvalue weighted by Crippen LogP contribution is -2.30. The molecule has 0 bridgehead atoms. The Morgan fingerprint density at radius 2 is 0.562 bits per heavy atom. The van der Waals surface area contributed by atoms with Gasteiger partial charge in [0.25, 0.3) is 0 Å². The average Bonchev–Trinajstić information content (AvgIpc) is 3.39. The summed E-state index contributed by atoms with van der Waals surface area (Å²) in [7, 11) is 0. The first-order valence-corrected chi connectivity index (χ1v) is 29.7. The van der Waals surface area contributed by atoms with Crippen LogP contribution in [-0.4, -0.2) is 37.2 Å². The second-order valence-electron chi connectivity index (χ2n) is 19.2. The summed E-state index contributed by atoms with van der Waals surface area (Å²) >= 11 is 0. The van der Waals surface area contributed by atoms with Crippen LogP contribution in [0.25, 0.3) is 0 Å². The highest BCUT2D eigenvalue weighted by atomic mass is 16.6. The number of carbonyl (C=O) groups is 3. The van der Waals surface area contributed by atoms with Gasteiger partial charge in [-0.25, -0.2) is 0 Å². The molecule has 0 spiro atoms. The van der Waals surface area contributed by atoms with E-state index in [-0.39, 0.29) is 44.0 Å². The van der Waals surface area contributed by atoms with E-state index < -0.39 is 6.10 Å². The number of hydrogen-bond donors (Lipinski definition) is 0. The van der Waals surface area contributed by atoms with Crippen molar-refractivity contribution in [3.8, 4) is 0 Å². The Morgan fingerprint density at radius 1 is 0.288 bits per heavy atom. The molecule has 0 radical (unpaired) electrons. The summed E-state index contributed by atoms with van der Waals surface area (Å²) in [6.07, 6.45) is 84.5. The van der Waals surface area contributed by atoms with E-state index in [1.165, 1.54) is 103 Å². The summed E-state index contributed by atoms with van der Waals surface area (Å²) in [5, 5.41) is 0. The van der Waals surface area contributed by atoms with Gasteiger partial charge in [0.1, 0.15) is 13.2 Å². The van der Waals surface area contributed by atoms with Gasteiger partial charge in [0.15, 0.2) is 6.10 Å². The molecule has 1 atom stereocenters. The number of ether oxygens (including phenoxy) is 3. The molecule has 0 aliphatic rings. The first-order valence-electron chi connectivity index (χ1n) is 29.7. The summed E-state index contributed by atoms with van der Waals surface area (Å²) in [5.41, 5.74) is 0. The maximum absolute atomic E-state index is 12.9. The highest BCUT2D eigenvalue weighted by molar-refractivity contribution is 5.71. The third-order valence-corrected chi connectivity index (χ3v) is 12.1. The van der Waals surface area contributed by atoms with Gasteiger partial charge < -0.3 is 14.2 Å². The Hall–Kier alpha value is -4.45. The molecule has 0 aromatic rings. The molecule has 6 nitrogen and oxygen atoms in total. The fourth-order valence-electron chi connectivity index (χ4n) is 7.68. The molecule has 0 aromatic carbocycles. The smallest absolute Gasteiger partial charge is 0.306 e. The van der Waals surface area contributed by atoms with E-state index in [2.05, 4.69) is 148 Å². The van der Waals surface area contributed by atoms with Crippen LogP contribution in [0, 0.1) is 0 Å². The highest BCUT2D eigenvalue weighted by Gasteiger charge is 2.19. The zero-order chi connectivity index (χ0) is 52.9. The van der Waals surface area contributed by atoms with E-state index in [0.717, 1.165) is 96.3 Å². The van der Waals surface area contributed by atoms with Crippen molar-refractivity contribution in [2.45, 2.75) is 258 Å². The van der Waals surface area contributed by atoms with Crippen molar-refractivity contribution in [3.63, 3.8) is 0 Å². The molecule has 0 aromatic heterocycles. The van der Waals surface area contributed by atoms with Crippen LogP contribution in [0.15, 0.2) is 134 Å². The first kappa shape index (κ1) is 68.6. The molecule has 0 N–H and O–H groups in total. The summed E-state index contributed by atoms with van der Waals surface area (Å²) in [5.74, 6) is -1.05. The lowest BCUT2D eigenvalue weighted by atomic mass is 10.1. The maximum atomic E-state index is 12.9. The van der Waals surface area contributed by atoms with Crippen molar-refractivity contribution >= 4 is 17.9 Å². The number of esters is 3. The molecule has 73 heavy (non-hydrogen) atoms. The van der Waals surface area contributed by atoms with Crippen molar-refractivity contribution in [1.82, 2.24) is 0 Å². The van der Waals surface area contributed by atoms with Crippen molar-refractivity contribution in [3.05, 3.63) is 134 Å². The quantitative estimate of drug-likeness (QED) is 0.0261. The molecule has 0 unspecified atom stereocenters. The Bertz CT molecular complexity index is 1580. The molecule has 0 aliphatic heterocycles. The van der Waals surface area contributed by atoms with Crippen molar-refractivity contribution in [1.29, 1.82) is 0 Å². The molecule has 6 heteroatoms. The molecular weight excluding hydrogens is 901 g/mol. The number of unbranched alkanes of at least 4 members (excludes halogenated alkanes) is 19. The number of carbonyl (C=O) groups excluding carboxylic acids is 3. The molecule has 0 heterocycles. The van der Waals surface area contributed by atoms with Gasteiger partial charge in [0, 0.05) is 19.3 Å². The predicted octanol–water partition coefficient (Wildman–Crippen LogP) is 20.2. The average molecular weight is 1010 g/mol. The third kappa shape index (κ3) is 58.3. The fourth-order valence-corrected chi connectivity index (χ4v) is 7.68. The van der Waals surface area contributed by atoms with E-state index in [9.17, 15) is 14.4 Å². The minimum absolute atomic E-state index is 0.121. The SMILES string of the molecule is CC/C=C\C/C=C\C/C=C\C/C=C\C/C=C\CCCCCC(=O)O[C@H](COC(=O)CC/C=C\C/C=C\C/C=C\C/C=C\C/C=C\CCCCC)COC(=O)CCCCCCCCC/C=C\CCCCCCCC. The minimum Gasteiger partial charge on any atom is -0.462 e. The normalized spacial score (nSPS) is 13.1. The topological polar surface area (TPSA) is 78.9 Å². The van der Waals surface area contributed by atoms with Crippen LogP contribution >= 0.6 is 0 Å². The van der Waals surface area contributed by atoms with Gasteiger partial charge >= 0.3 is 17.9 Å². The van der Waals surface area contributed by atoms with E-state index in [1.54, 1.807) is 0 Å². The Balaban J connectivity index is 4.59. The van der Waals surface area contributed by atoms with Gasteiger partial charge in [-0.2, -0.15) is 0 Å². The minimum atomic E-state index is -0.833. The van der Waals surface area contributed by atoms with Crippen LogP contribution in [0.2, 0.25) is 0 Å². The Morgan fingerprint density at radius 3 is 0.973 bits per heavy atom. The molecule has 0 saturated carbocycles. The van der Waals surface area contributed by atoms with E-state index in [0.29, 0.717) is 19.3 Å². The van der Waals surface area contributed by atoms with Crippen LogP contribution in [0.5, 0.6) is 0 Å². The largest absolute Gasteiger partial charge is 0.462 e. The van der Waals surface area contributed by atoms with E-state index in [1.807, 2.05) is 6.08 Å². The van der Waals surface area contributed by atoms with Crippen LogP contribution in [-0.2, 0) is 28.6 Å². The lowest BCUT2D eigenvalue weighted by Gasteiger charge is -2.18. The van der Waals surface area contributed by atoms with Crippen LogP contribution in [0.1, 0.15) is 252 Å². The highest BCUT2D eigenvalue weighted by Crippen LogP contribution is 2.13. The number of allylic oxidation sites excluding steroid dienone is 22. The summed E-state index contributed by atoms with van der Waals surface area (Å²) < 4.78 is 16.8. The molecule has 0 aliphatic carbocycles. The van der Waals surface area contributed by atoms with Crippen LogP contribution in [0.4, 0.5) is 0 Å². The van der Waals surface area contributed by atoms with Crippen molar-refractivity contribution in [2.24, 2.45) is 0 Å². The maximum Gasteiger partial charge on any atom is 0.306 e. The van der Waals surface area contributed by atoms with Gasteiger partial charge in [-0.3, -0.25) is 14.4 Å². The van der Waals surface area contributed by atoms with Gasteiger partial charge in [0.2, 0.25) is 0 Å². The Kier molecular flexibility index (Phi) is 56.4. The van der Waals surface area contributed by atoms with Gasteiger partial charge in [-0.15, -0.1) is 0 Å². The van der Waals surface area contributed by atoms with Gasteiger partial charge in [0.05, 0.1) is 0 Å². The Labute approximate surface area is 449 Å². The van der Waals surface area contributed by atoms with Gasteiger partial charge in [-0.1, -0.05) is 238 Å². The van der Waals surface area contributed by atoms with E-state index in [4.69, 9.17) is 14.2 Å². The first-order chi connectivity index (χ1) is 36.0. The molecule has 0 rings (SSSR count). The summed E-state index contributed by atoms with van der Waals surface area (Å²) in [6.45, 7) is 6.40. The zero-order valence-electron chi connectivity index (χ0n) is 47.1. The number of rotatable bonds is 52. The summed E-state index contributed by atoms with van der Waals surface area (Å²) in [4.78, 5) is 38.2. The van der Waals surface area contributed by atoms with Crippen LogP contribution in [0.3, 0.4) is 0 Å². The van der Waals surface area contributed by atoms with Crippen LogP contribution < -0.4 is 0 Å². The zero-order valence-corrected chi connectivity index (χ0v) is 47.1. The predicted molar refractivity (Wildman–Crippen MR) is 316 cm³/mol. The molecule has 412 valence electrons. The second kappa shape index (κ2) is 60.1. The van der Waals surface area contributed by atoms with Crippen molar-refractivity contribution < 1.29 is 28.6 Å². The summed E-state index contributed by atoms with van der Waals surface area (Å²) in [6, 6.07) is 0. The fraction of sp³-hybridized carbons (Fsp3) is 0.627. The third-order valence-electron chi connectivity index (χ3n) is 12.1. The monoisotopic (exact) mass is 1010 g/mol. The van der Waals surface area contributed by atoms with Gasteiger partial charge in [-0.05, 0) is 128 Å². The standard InChI is InChI=1S/C67H108O6/c1-4-7-10-13-16-19-22-25-28-31-33-36-39-42-45-48-51-54-57-60-66(69)72-63-64(62-71-65(68)59-56-53-50-47-44-41-38-35-30-27-24-21-18-15-12-9-6-3)73-67(70)61-58-55-52-49-46-43-40-37-34-32-29-26-23-20-17-14-11-8-5-2/h8,11,16-17,19-20,25-30,33-34,36-37,42-43,45-46,51,54,64H,4-7,9-10,12-15,18,21-24,31-32,35,38-41,44,47-50,52-53,55-63H2,1-3H3/b11-8-,19-16-,20-17-,28-25-,29-26-,30-27-,36-33-,37-34-,45-42-,46-43-,54-51-/t64-/m0/s1. The molecule has 0 fully saturated rings. The number of hydrogen-bond acceptors (Lipinski definition) is 6. The molecular formula is C67H108O6. The molecule has 0 saturated heterocycles. The van der Waals surface area contributed by atoms with E-state index >= 15 is 0 Å². The van der Waals surface area contributed by atoms with Crippen molar-refractivity contribution in [2.75, 3.05) is 13.2 Å². The lowest BCUT2D eigenvalue weighted by molar-refractivity contribution is -0.166. The molecule has 0 amide bonds. The second-order valence-corrected chi connectivity index (χ2v) is 19.2.